The maximum Gasteiger partial charge on any atom is 0.125 e. The van der Waals surface area contributed by atoms with E-state index in [0.29, 0.717) is 12.5 Å². The van der Waals surface area contributed by atoms with Gasteiger partial charge in [-0.05, 0) is 68.9 Å². The van der Waals surface area contributed by atoms with Gasteiger partial charge in [0.1, 0.15) is 17.6 Å². The van der Waals surface area contributed by atoms with Crippen molar-refractivity contribution in [2.24, 2.45) is 16.4 Å². The zero-order valence-corrected chi connectivity index (χ0v) is 17.1. The Morgan fingerprint density at radius 1 is 1.33 bits per heavy atom. The zero-order valence-electron chi connectivity index (χ0n) is 17.1. The van der Waals surface area contributed by atoms with Gasteiger partial charge in [-0.2, -0.15) is 5.10 Å². The van der Waals surface area contributed by atoms with E-state index in [0.717, 1.165) is 62.1 Å². The normalized spacial score (nSPS) is 20.4. The molecule has 2 aliphatic rings. The van der Waals surface area contributed by atoms with E-state index in [1.807, 2.05) is 19.9 Å². The number of nitrogens with two attached hydrogens (primary N) is 1. The summed E-state index contributed by atoms with van der Waals surface area (Å²) in [5.74, 6) is 6.62. The second-order valence-corrected chi connectivity index (χ2v) is 9.10. The third kappa shape index (κ3) is 4.34. The Kier molecular flexibility index (Phi) is 5.61. The fourth-order valence-corrected chi connectivity index (χ4v) is 4.20. The van der Waals surface area contributed by atoms with E-state index in [4.69, 9.17) is 10.6 Å². The van der Waals surface area contributed by atoms with Crippen molar-refractivity contribution < 1.29 is 9.53 Å². The minimum atomic E-state index is -0.473. The Labute approximate surface area is 162 Å². The van der Waals surface area contributed by atoms with Gasteiger partial charge in [0.2, 0.25) is 0 Å². The molecule has 5 nitrogen and oxygen atoms in total. The number of nitrogens with zero attached hydrogens (tertiary/aromatic N) is 2. The van der Waals surface area contributed by atoms with Gasteiger partial charge in [0.05, 0.1) is 5.71 Å². The highest BCUT2D eigenvalue weighted by Crippen LogP contribution is 2.40. The average molecular weight is 372 g/mol. The Morgan fingerprint density at radius 2 is 2.04 bits per heavy atom. The molecular weight excluding hydrogens is 338 g/mol. The van der Waals surface area contributed by atoms with Crippen molar-refractivity contribution in [1.29, 1.82) is 0 Å². The van der Waals surface area contributed by atoms with E-state index in [9.17, 15) is 4.79 Å². The molecular formula is C22H33N3O2. The minimum Gasteiger partial charge on any atom is -0.487 e. The van der Waals surface area contributed by atoms with Crippen LogP contribution in [0, 0.1) is 5.41 Å². The van der Waals surface area contributed by atoms with Gasteiger partial charge in [0.15, 0.2) is 0 Å². The maximum absolute atomic E-state index is 11.3. The van der Waals surface area contributed by atoms with Crippen LogP contribution in [-0.4, -0.2) is 41.6 Å². The Bertz CT molecular complexity index is 716. The lowest BCUT2D eigenvalue weighted by molar-refractivity contribution is -0.114. The van der Waals surface area contributed by atoms with E-state index >= 15 is 0 Å². The number of aryl methyl sites for hydroxylation is 1. The number of hydrogen-bond acceptors (Lipinski definition) is 5. The lowest BCUT2D eigenvalue weighted by Gasteiger charge is -2.45. The number of ether oxygens (including phenoxy) is 1. The molecule has 1 aromatic rings. The van der Waals surface area contributed by atoms with Gasteiger partial charge in [0.25, 0.3) is 0 Å². The number of carbonyl (C=O) groups is 1. The standard InChI is InChI=1S/C22H33N3O2/c1-16(2)25-11-9-22(10-12-25)8-7-18-13-17(5-6-20(18)27-22)19(24-23)14-21(3,4)15-26/h5-6,13,15-16H,7-12,14,23H2,1-4H3/b24-19+. The first kappa shape index (κ1) is 19.9. The van der Waals surface area contributed by atoms with Crippen LogP contribution in [0.25, 0.3) is 0 Å². The average Bonchev–Trinajstić information content (AvgIpc) is 2.66. The van der Waals surface area contributed by atoms with Crippen LogP contribution in [-0.2, 0) is 11.2 Å². The summed E-state index contributed by atoms with van der Waals surface area (Å²) in [4.78, 5) is 13.8. The molecule has 0 unspecified atom stereocenters. The number of fused-ring (bicyclic) bond motifs is 1. The highest BCUT2D eigenvalue weighted by molar-refractivity contribution is 6.02. The molecule has 148 valence electrons. The summed E-state index contributed by atoms with van der Waals surface area (Å²) in [7, 11) is 0. The number of carbonyl (C=O) groups excluding carboxylic acids is 1. The molecule has 5 heteroatoms. The molecule has 0 aromatic heterocycles. The summed E-state index contributed by atoms with van der Waals surface area (Å²) in [6.45, 7) is 10.5. The number of benzene rings is 1. The third-order valence-electron chi connectivity index (χ3n) is 6.11. The number of hydrazone groups is 1. The highest BCUT2D eigenvalue weighted by atomic mass is 16.5. The molecule has 0 radical (unpaired) electrons. The second kappa shape index (κ2) is 7.63. The molecule has 0 atom stereocenters. The summed E-state index contributed by atoms with van der Waals surface area (Å²) in [6, 6.07) is 6.82. The molecule has 1 spiro atoms. The third-order valence-corrected chi connectivity index (χ3v) is 6.11. The summed E-state index contributed by atoms with van der Waals surface area (Å²) < 4.78 is 6.52. The van der Waals surface area contributed by atoms with Crippen molar-refractivity contribution in [1.82, 2.24) is 4.90 Å². The molecule has 2 heterocycles. The molecule has 0 amide bonds. The number of aldehydes is 1. The van der Waals surface area contributed by atoms with Crippen LogP contribution in [0.4, 0.5) is 0 Å². The van der Waals surface area contributed by atoms with Crippen LogP contribution in [0.1, 0.15) is 64.5 Å². The van der Waals surface area contributed by atoms with Crippen LogP contribution in [0.3, 0.4) is 0 Å². The van der Waals surface area contributed by atoms with Gasteiger partial charge in [-0.25, -0.2) is 0 Å². The Balaban J connectivity index is 1.74. The molecule has 2 N–H and O–H groups in total. The van der Waals surface area contributed by atoms with Crippen LogP contribution in [0.2, 0.25) is 0 Å². The van der Waals surface area contributed by atoms with Gasteiger partial charge in [0, 0.05) is 31.0 Å². The van der Waals surface area contributed by atoms with Crippen LogP contribution in [0.5, 0.6) is 5.75 Å². The summed E-state index contributed by atoms with van der Waals surface area (Å²) in [5.41, 5.74) is 2.48. The summed E-state index contributed by atoms with van der Waals surface area (Å²) in [5, 5.41) is 3.96. The van der Waals surface area contributed by atoms with Gasteiger partial charge in [-0.1, -0.05) is 13.8 Å². The molecule has 1 aromatic carbocycles. The molecule has 27 heavy (non-hydrogen) atoms. The van der Waals surface area contributed by atoms with Gasteiger partial charge >= 0.3 is 0 Å². The maximum atomic E-state index is 11.3. The Hall–Kier alpha value is -1.88. The van der Waals surface area contributed by atoms with E-state index < -0.39 is 5.41 Å². The fraction of sp³-hybridized carbons (Fsp3) is 0.636. The summed E-state index contributed by atoms with van der Waals surface area (Å²) >= 11 is 0. The van der Waals surface area contributed by atoms with E-state index in [-0.39, 0.29) is 5.60 Å². The van der Waals surface area contributed by atoms with E-state index in [1.165, 1.54) is 5.56 Å². The van der Waals surface area contributed by atoms with Crippen molar-refractivity contribution in [2.45, 2.75) is 71.4 Å². The number of rotatable bonds is 5. The molecule has 3 rings (SSSR count). The predicted octanol–water partition coefficient (Wildman–Crippen LogP) is 3.53. The molecule has 0 bridgehead atoms. The van der Waals surface area contributed by atoms with Crippen LogP contribution >= 0.6 is 0 Å². The topological polar surface area (TPSA) is 67.9 Å². The first-order chi connectivity index (χ1) is 12.8. The quantitative estimate of drug-likeness (QED) is 0.372. The molecule has 0 saturated carbocycles. The van der Waals surface area contributed by atoms with Crippen LogP contribution in [0.15, 0.2) is 23.3 Å². The highest BCUT2D eigenvalue weighted by Gasteiger charge is 2.40. The smallest absolute Gasteiger partial charge is 0.125 e. The largest absolute Gasteiger partial charge is 0.487 e. The number of likely N-dealkylation sites (tertiary alicyclic amines) is 1. The monoisotopic (exact) mass is 371 g/mol. The molecule has 1 saturated heterocycles. The number of hydrogen-bond donors (Lipinski definition) is 1. The minimum absolute atomic E-state index is 0.00972. The molecule has 1 fully saturated rings. The van der Waals surface area contributed by atoms with Crippen molar-refractivity contribution in [3.8, 4) is 5.75 Å². The predicted molar refractivity (Wildman–Crippen MR) is 109 cm³/mol. The fourth-order valence-electron chi connectivity index (χ4n) is 4.20. The Morgan fingerprint density at radius 3 is 2.63 bits per heavy atom. The SMILES string of the molecule is CC(C)N1CCC2(CCc3cc(/C(CC(C)(C)C=O)=N/N)ccc3O2)CC1. The first-order valence-electron chi connectivity index (χ1n) is 10.1. The van der Waals surface area contributed by atoms with Gasteiger partial charge in [-0.3, -0.25) is 0 Å². The van der Waals surface area contributed by atoms with E-state index in [2.05, 4.69) is 36.0 Å². The van der Waals surface area contributed by atoms with Gasteiger partial charge in [-0.15, -0.1) is 0 Å². The molecule has 0 aliphatic carbocycles. The van der Waals surface area contributed by atoms with Crippen molar-refractivity contribution in [3.63, 3.8) is 0 Å². The van der Waals surface area contributed by atoms with Crippen molar-refractivity contribution in [2.75, 3.05) is 13.1 Å². The van der Waals surface area contributed by atoms with Crippen LogP contribution < -0.4 is 10.6 Å². The second-order valence-electron chi connectivity index (χ2n) is 9.10. The molecule has 2 aliphatic heterocycles. The lowest BCUT2D eigenvalue weighted by atomic mass is 9.82. The van der Waals surface area contributed by atoms with Crippen molar-refractivity contribution in [3.05, 3.63) is 29.3 Å². The van der Waals surface area contributed by atoms with E-state index in [1.54, 1.807) is 0 Å². The number of piperidine rings is 1. The first-order valence-corrected chi connectivity index (χ1v) is 10.1. The van der Waals surface area contributed by atoms with Crippen molar-refractivity contribution >= 4 is 12.0 Å². The zero-order chi connectivity index (χ0) is 19.7. The lowest BCUT2D eigenvalue weighted by Crippen LogP contribution is -2.51. The van der Waals surface area contributed by atoms with Gasteiger partial charge < -0.3 is 20.3 Å². The summed E-state index contributed by atoms with van der Waals surface area (Å²) in [6.07, 6.45) is 5.75.